The molecule has 1 saturated carbocycles. The number of carbonyl (C=O) groups is 2. The average Bonchev–Trinajstić information content (AvgIpc) is 3.26. The van der Waals surface area contributed by atoms with Crippen molar-refractivity contribution in [1.29, 1.82) is 0 Å². The molecular formula is C17H19N3O2S. The minimum Gasteiger partial charge on any atom is -0.339 e. The normalized spacial score (nSPS) is 22.2. The second-order valence-electron chi connectivity index (χ2n) is 6.41. The highest BCUT2D eigenvalue weighted by atomic mass is 32.1. The van der Waals surface area contributed by atoms with Gasteiger partial charge in [0.15, 0.2) is 0 Å². The van der Waals surface area contributed by atoms with Gasteiger partial charge in [-0.3, -0.25) is 9.59 Å². The third-order valence-electron chi connectivity index (χ3n) is 4.89. The fraction of sp³-hybridized carbons (Fsp3) is 0.471. The molecule has 1 atom stereocenters. The van der Waals surface area contributed by atoms with Crippen LogP contribution in [-0.4, -0.2) is 34.3 Å². The molecule has 1 aromatic heterocycles. The molecule has 2 amide bonds. The van der Waals surface area contributed by atoms with E-state index in [4.69, 9.17) is 0 Å². The van der Waals surface area contributed by atoms with Crippen molar-refractivity contribution in [3.8, 4) is 0 Å². The molecule has 1 N–H and O–H groups in total. The van der Waals surface area contributed by atoms with Gasteiger partial charge in [-0.1, -0.05) is 12.8 Å². The summed E-state index contributed by atoms with van der Waals surface area (Å²) < 4.78 is 1.10. The summed E-state index contributed by atoms with van der Waals surface area (Å²) in [5.41, 5.74) is 3.44. The lowest BCUT2D eigenvalue weighted by atomic mass is 10.1. The first-order valence-electron chi connectivity index (χ1n) is 8.14. The van der Waals surface area contributed by atoms with Gasteiger partial charge in [0.25, 0.3) is 0 Å². The minimum absolute atomic E-state index is 0.0616. The topological polar surface area (TPSA) is 62.3 Å². The molecule has 0 radical (unpaired) electrons. The molecule has 6 heteroatoms. The van der Waals surface area contributed by atoms with E-state index in [2.05, 4.69) is 10.3 Å². The number of benzene rings is 1. The van der Waals surface area contributed by atoms with Crippen molar-refractivity contribution in [1.82, 2.24) is 9.88 Å². The van der Waals surface area contributed by atoms with Gasteiger partial charge in [-0.15, -0.1) is 11.3 Å². The molecular weight excluding hydrogens is 310 g/mol. The van der Waals surface area contributed by atoms with E-state index in [-0.39, 0.29) is 17.7 Å². The summed E-state index contributed by atoms with van der Waals surface area (Å²) in [5, 5.41) is 2.94. The molecule has 2 aromatic rings. The maximum atomic E-state index is 12.5. The number of hydrogen-bond acceptors (Lipinski definition) is 4. The zero-order valence-electron chi connectivity index (χ0n) is 12.8. The molecule has 1 aliphatic heterocycles. The van der Waals surface area contributed by atoms with Gasteiger partial charge in [-0.25, -0.2) is 4.98 Å². The molecule has 4 rings (SSSR count). The highest BCUT2D eigenvalue weighted by Crippen LogP contribution is 2.30. The fourth-order valence-electron chi connectivity index (χ4n) is 3.66. The lowest BCUT2D eigenvalue weighted by Gasteiger charge is -2.23. The Balaban J connectivity index is 1.43. The molecule has 2 fully saturated rings. The smallest absolute Gasteiger partial charge is 0.229 e. The van der Waals surface area contributed by atoms with Crippen LogP contribution in [0.1, 0.15) is 32.1 Å². The van der Waals surface area contributed by atoms with Crippen LogP contribution in [0.25, 0.3) is 10.2 Å². The van der Waals surface area contributed by atoms with Gasteiger partial charge in [-0.2, -0.15) is 0 Å². The highest BCUT2D eigenvalue weighted by molar-refractivity contribution is 7.16. The van der Waals surface area contributed by atoms with Crippen molar-refractivity contribution in [3.05, 3.63) is 23.7 Å². The lowest BCUT2D eigenvalue weighted by molar-refractivity contribution is -0.129. The maximum absolute atomic E-state index is 12.5. The summed E-state index contributed by atoms with van der Waals surface area (Å²) in [5.74, 6) is -0.172. The van der Waals surface area contributed by atoms with Gasteiger partial charge in [0.1, 0.15) is 0 Å². The molecule has 2 heterocycles. The van der Waals surface area contributed by atoms with E-state index in [9.17, 15) is 9.59 Å². The second-order valence-corrected chi connectivity index (χ2v) is 7.30. The Morgan fingerprint density at radius 3 is 2.96 bits per heavy atom. The first-order valence-corrected chi connectivity index (χ1v) is 9.02. The van der Waals surface area contributed by atoms with Crippen LogP contribution in [0.4, 0.5) is 5.69 Å². The molecule has 120 valence electrons. The summed E-state index contributed by atoms with van der Waals surface area (Å²) in [6.07, 6.45) is 4.89. The van der Waals surface area contributed by atoms with E-state index in [1.165, 1.54) is 12.8 Å². The first kappa shape index (κ1) is 14.6. The Morgan fingerprint density at radius 2 is 2.13 bits per heavy atom. The second kappa shape index (κ2) is 5.92. The van der Waals surface area contributed by atoms with E-state index < -0.39 is 0 Å². The number of carbonyl (C=O) groups excluding carboxylic acids is 2. The van der Waals surface area contributed by atoms with Crippen LogP contribution in [0.5, 0.6) is 0 Å². The monoisotopic (exact) mass is 329 g/mol. The van der Waals surface area contributed by atoms with Crippen molar-refractivity contribution >= 4 is 39.1 Å². The van der Waals surface area contributed by atoms with Gasteiger partial charge in [0, 0.05) is 24.7 Å². The Bertz CT molecular complexity index is 751. The number of thiazole rings is 1. The maximum Gasteiger partial charge on any atom is 0.229 e. The summed E-state index contributed by atoms with van der Waals surface area (Å²) in [4.78, 5) is 30.9. The Kier molecular flexibility index (Phi) is 3.77. The average molecular weight is 329 g/mol. The summed E-state index contributed by atoms with van der Waals surface area (Å²) in [6.45, 7) is 0.564. The van der Waals surface area contributed by atoms with Crippen molar-refractivity contribution in [2.45, 2.75) is 38.1 Å². The number of rotatable bonds is 3. The molecule has 1 unspecified atom stereocenters. The van der Waals surface area contributed by atoms with E-state index in [1.54, 1.807) is 16.8 Å². The van der Waals surface area contributed by atoms with E-state index in [0.29, 0.717) is 19.0 Å². The van der Waals surface area contributed by atoms with Crippen molar-refractivity contribution in [3.63, 3.8) is 0 Å². The fourth-order valence-corrected chi connectivity index (χ4v) is 4.31. The molecule has 2 aliphatic rings. The number of anilines is 1. The predicted octanol–water partition coefficient (Wildman–Crippen LogP) is 3.03. The summed E-state index contributed by atoms with van der Waals surface area (Å²) in [6, 6.07) is 6.10. The Morgan fingerprint density at radius 1 is 1.30 bits per heavy atom. The van der Waals surface area contributed by atoms with Crippen LogP contribution in [0.2, 0.25) is 0 Å². The van der Waals surface area contributed by atoms with Crippen LogP contribution in [0, 0.1) is 5.92 Å². The van der Waals surface area contributed by atoms with Crippen LogP contribution in [0.3, 0.4) is 0 Å². The molecule has 5 nitrogen and oxygen atoms in total. The number of fused-ring (bicyclic) bond motifs is 1. The van der Waals surface area contributed by atoms with Gasteiger partial charge < -0.3 is 10.2 Å². The summed E-state index contributed by atoms with van der Waals surface area (Å²) >= 11 is 1.58. The third-order valence-corrected chi connectivity index (χ3v) is 5.70. The predicted molar refractivity (Wildman–Crippen MR) is 90.3 cm³/mol. The number of amides is 2. The summed E-state index contributed by atoms with van der Waals surface area (Å²) in [7, 11) is 0. The lowest BCUT2D eigenvalue weighted by Crippen LogP contribution is -2.35. The first-order chi connectivity index (χ1) is 11.2. The zero-order chi connectivity index (χ0) is 15.8. The molecule has 23 heavy (non-hydrogen) atoms. The largest absolute Gasteiger partial charge is 0.339 e. The number of aromatic nitrogens is 1. The quantitative estimate of drug-likeness (QED) is 0.941. The zero-order valence-corrected chi connectivity index (χ0v) is 13.6. The van der Waals surface area contributed by atoms with Gasteiger partial charge >= 0.3 is 0 Å². The molecule has 1 aromatic carbocycles. The number of hydrogen-bond donors (Lipinski definition) is 1. The van der Waals surface area contributed by atoms with Crippen LogP contribution < -0.4 is 5.32 Å². The molecule has 0 bridgehead atoms. The standard InChI is InChI=1S/C17H19N3O2S/c21-16-7-11(9-20(16)13-3-1-2-4-13)17(22)19-12-5-6-15-14(8-12)18-10-23-15/h5-6,8,10-11,13H,1-4,7,9H2,(H,19,22). The number of nitrogens with one attached hydrogen (secondary N) is 1. The Labute approximate surface area is 138 Å². The van der Waals surface area contributed by atoms with Crippen molar-refractivity contribution < 1.29 is 9.59 Å². The number of likely N-dealkylation sites (tertiary alicyclic amines) is 1. The van der Waals surface area contributed by atoms with E-state index in [1.807, 2.05) is 23.1 Å². The van der Waals surface area contributed by atoms with Crippen LogP contribution >= 0.6 is 11.3 Å². The molecule has 0 spiro atoms. The van der Waals surface area contributed by atoms with Crippen LogP contribution in [0.15, 0.2) is 23.7 Å². The van der Waals surface area contributed by atoms with Crippen molar-refractivity contribution in [2.75, 3.05) is 11.9 Å². The van der Waals surface area contributed by atoms with Gasteiger partial charge in [0.2, 0.25) is 11.8 Å². The van der Waals surface area contributed by atoms with Gasteiger partial charge in [-0.05, 0) is 31.0 Å². The number of nitrogens with zero attached hydrogens (tertiary/aromatic N) is 2. The molecule has 1 aliphatic carbocycles. The van der Waals surface area contributed by atoms with E-state index in [0.717, 1.165) is 28.7 Å². The Hall–Kier alpha value is -1.95. The third kappa shape index (κ3) is 2.83. The van der Waals surface area contributed by atoms with E-state index >= 15 is 0 Å². The van der Waals surface area contributed by atoms with Crippen LogP contribution in [-0.2, 0) is 9.59 Å². The minimum atomic E-state index is -0.241. The molecule has 1 saturated heterocycles. The highest BCUT2D eigenvalue weighted by Gasteiger charge is 2.38. The van der Waals surface area contributed by atoms with Crippen molar-refractivity contribution in [2.24, 2.45) is 5.92 Å². The SMILES string of the molecule is O=C(Nc1ccc2scnc2c1)C1CC(=O)N(C2CCCC2)C1. The van der Waals surface area contributed by atoms with Gasteiger partial charge in [0.05, 0.1) is 21.6 Å².